The zero-order chi connectivity index (χ0) is 16.0. The average Bonchev–Trinajstić information content (AvgIpc) is 2.41. The van der Waals surface area contributed by atoms with E-state index in [2.05, 4.69) is 37.7 Å². The number of ketones is 1. The summed E-state index contributed by atoms with van der Waals surface area (Å²) in [5, 5.41) is 0.782. The Labute approximate surface area is 137 Å². The highest BCUT2D eigenvalue weighted by molar-refractivity contribution is 6.43. The Hall–Kier alpha value is -0.610. The molecule has 0 amide bonds. The second-order valence-electron chi connectivity index (χ2n) is 5.51. The van der Waals surface area contributed by atoms with Crippen molar-refractivity contribution in [3.63, 3.8) is 0 Å². The molecule has 21 heavy (non-hydrogen) atoms. The van der Waals surface area contributed by atoms with Gasteiger partial charge in [-0.3, -0.25) is 9.69 Å². The smallest absolute Gasteiger partial charge is 0.165 e. The Bertz CT molecular complexity index is 477. The van der Waals surface area contributed by atoms with Gasteiger partial charge < -0.3 is 4.90 Å². The van der Waals surface area contributed by atoms with Crippen molar-refractivity contribution in [2.75, 3.05) is 33.7 Å². The van der Waals surface area contributed by atoms with Crippen molar-refractivity contribution in [1.29, 1.82) is 0 Å². The van der Waals surface area contributed by atoms with Crippen LogP contribution in [0.1, 0.15) is 30.6 Å². The lowest BCUT2D eigenvalue weighted by molar-refractivity contribution is 0.0949. The molecule has 0 spiro atoms. The molecule has 3 nitrogen and oxygen atoms in total. The molecule has 1 unspecified atom stereocenters. The molecular weight excluding hydrogens is 307 g/mol. The molecule has 0 aliphatic rings. The fourth-order valence-corrected chi connectivity index (χ4v) is 2.84. The average molecular weight is 331 g/mol. The van der Waals surface area contributed by atoms with E-state index in [9.17, 15) is 4.79 Å². The van der Waals surface area contributed by atoms with Gasteiger partial charge in [0.2, 0.25) is 0 Å². The summed E-state index contributed by atoms with van der Waals surface area (Å²) in [5.41, 5.74) is 0.514. The van der Waals surface area contributed by atoms with Crippen LogP contribution in [0.3, 0.4) is 0 Å². The summed E-state index contributed by atoms with van der Waals surface area (Å²) in [6.07, 6.45) is 0.450. The molecule has 0 aromatic heterocycles. The third kappa shape index (κ3) is 5.59. The van der Waals surface area contributed by atoms with Crippen LogP contribution in [0.2, 0.25) is 10.0 Å². The number of carbonyl (C=O) groups excluding carboxylic acids is 1. The van der Waals surface area contributed by atoms with Crippen molar-refractivity contribution < 1.29 is 4.79 Å². The second kappa shape index (κ2) is 8.74. The molecule has 0 aliphatic heterocycles. The minimum Gasteiger partial charge on any atom is -0.308 e. The second-order valence-corrected chi connectivity index (χ2v) is 6.30. The van der Waals surface area contributed by atoms with Crippen LogP contribution >= 0.6 is 23.2 Å². The summed E-state index contributed by atoms with van der Waals surface area (Å²) in [6.45, 7) is 6.92. The van der Waals surface area contributed by atoms with Crippen LogP contribution in [0.15, 0.2) is 18.2 Å². The predicted molar refractivity (Wildman–Crippen MR) is 90.7 cm³/mol. The number of carbonyl (C=O) groups is 1. The van der Waals surface area contributed by atoms with Gasteiger partial charge in [0, 0.05) is 31.1 Å². The first-order valence-electron chi connectivity index (χ1n) is 7.22. The van der Waals surface area contributed by atoms with Gasteiger partial charge in [-0.25, -0.2) is 0 Å². The van der Waals surface area contributed by atoms with Crippen molar-refractivity contribution in [2.24, 2.45) is 0 Å². The van der Waals surface area contributed by atoms with Crippen LogP contribution in [0, 0.1) is 0 Å². The molecule has 1 aromatic rings. The summed E-state index contributed by atoms with van der Waals surface area (Å²) in [6, 6.07) is 5.59. The topological polar surface area (TPSA) is 23.6 Å². The Kier molecular flexibility index (Phi) is 7.67. The number of rotatable bonds is 8. The molecule has 0 heterocycles. The van der Waals surface area contributed by atoms with E-state index < -0.39 is 0 Å². The molecule has 5 heteroatoms. The van der Waals surface area contributed by atoms with Crippen molar-refractivity contribution in [2.45, 2.75) is 26.3 Å². The Morgan fingerprint density at radius 2 is 1.95 bits per heavy atom. The molecular formula is C16H24Cl2N2O. The van der Waals surface area contributed by atoms with Gasteiger partial charge in [0.05, 0.1) is 10.0 Å². The fourth-order valence-electron chi connectivity index (χ4n) is 2.43. The lowest BCUT2D eigenvalue weighted by atomic mass is 10.1. The van der Waals surface area contributed by atoms with Gasteiger partial charge in [-0.1, -0.05) is 36.2 Å². The summed E-state index contributed by atoms with van der Waals surface area (Å²) in [4.78, 5) is 16.8. The van der Waals surface area contributed by atoms with Gasteiger partial charge in [0.25, 0.3) is 0 Å². The monoisotopic (exact) mass is 330 g/mol. The molecule has 1 rings (SSSR count). The third-order valence-electron chi connectivity index (χ3n) is 3.54. The molecule has 0 radical (unpaired) electrons. The first-order chi connectivity index (χ1) is 9.86. The normalized spacial score (nSPS) is 13.0. The van der Waals surface area contributed by atoms with Crippen LogP contribution in [0.25, 0.3) is 0 Å². The number of likely N-dealkylation sites (N-methyl/N-ethyl adjacent to an activating group) is 2. The predicted octanol–water partition coefficient (Wildman–Crippen LogP) is 3.84. The Morgan fingerprint density at radius 1 is 1.29 bits per heavy atom. The highest BCUT2D eigenvalue weighted by Gasteiger charge is 2.17. The summed E-state index contributed by atoms with van der Waals surface area (Å²) in [5.74, 6) is 0.0398. The SMILES string of the molecule is CCN(CCC(=O)c1cccc(Cl)c1Cl)C(C)CN(C)C. The van der Waals surface area contributed by atoms with E-state index in [0.29, 0.717) is 28.1 Å². The van der Waals surface area contributed by atoms with Crippen molar-refractivity contribution in [3.8, 4) is 0 Å². The largest absolute Gasteiger partial charge is 0.308 e. The molecule has 0 aliphatic carbocycles. The number of hydrogen-bond donors (Lipinski definition) is 0. The van der Waals surface area contributed by atoms with Gasteiger partial charge in [-0.15, -0.1) is 0 Å². The summed E-state index contributed by atoms with van der Waals surface area (Å²) >= 11 is 12.1. The zero-order valence-electron chi connectivity index (χ0n) is 13.2. The number of hydrogen-bond acceptors (Lipinski definition) is 3. The zero-order valence-corrected chi connectivity index (χ0v) is 14.7. The highest BCUT2D eigenvalue weighted by Crippen LogP contribution is 2.26. The highest BCUT2D eigenvalue weighted by atomic mass is 35.5. The molecule has 0 N–H and O–H groups in total. The van der Waals surface area contributed by atoms with Gasteiger partial charge in [0.15, 0.2) is 5.78 Å². The van der Waals surface area contributed by atoms with Crippen LogP contribution in [-0.2, 0) is 0 Å². The maximum Gasteiger partial charge on any atom is 0.165 e. The third-order valence-corrected chi connectivity index (χ3v) is 4.36. The first-order valence-corrected chi connectivity index (χ1v) is 7.98. The number of nitrogens with zero attached hydrogens (tertiary/aromatic N) is 2. The van der Waals surface area contributed by atoms with E-state index in [1.807, 2.05) is 0 Å². The number of halogens is 2. The molecule has 0 saturated carbocycles. The van der Waals surface area contributed by atoms with Gasteiger partial charge in [-0.05, 0) is 39.7 Å². The molecule has 1 atom stereocenters. The van der Waals surface area contributed by atoms with Crippen molar-refractivity contribution in [1.82, 2.24) is 9.80 Å². The van der Waals surface area contributed by atoms with Crippen LogP contribution in [0.5, 0.6) is 0 Å². The van der Waals surface area contributed by atoms with E-state index >= 15 is 0 Å². The standard InChI is InChI=1S/C16H24Cl2N2O/c1-5-20(12(2)11-19(3)4)10-9-15(21)13-7-6-8-14(17)16(13)18/h6-8,12H,5,9-11H2,1-4H3. The van der Waals surface area contributed by atoms with E-state index in [1.54, 1.807) is 18.2 Å². The van der Waals surface area contributed by atoms with Gasteiger partial charge >= 0.3 is 0 Å². The fraction of sp³-hybridized carbons (Fsp3) is 0.562. The first kappa shape index (κ1) is 18.4. The van der Waals surface area contributed by atoms with Gasteiger partial charge in [-0.2, -0.15) is 0 Å². The Balaban J connectivity index is 2.64. The number of benzene rings is 1. The number of Topliss-reactive ketones (excluding diaryl/α,β-unsaturated/α-hetero) is 1. The minimum absolute atomic E-state index is 0.0398. The van der Waals surface area contributed by atoms with E-state index in [4.69, 9.17) is 23.2 Å². The van der Waals surface area contributed by atoms with Crippen LogP contribution < -0.4 is 0 Å². The van der Waals surface area contributed by atoms with Gasteiger partial charge in [0.1, 0.15) is 0 Å². The van der Waals surface area contributed by atoms with Crippen LogP contribution in [0.4, 0.5) is 0 Å². The Morgan fingerprint density at radius 3 is 2.52 bits per heavy atom. The lowest BCUT2D eigenvalue weighted by Crippen LogP contribution is -2.41. The molecule has 118 valence electrons. The van der Waals surface area contributed by atoms with Crippen molar-refractivity contribution >= 4 is 29.0 Å². The molecule has 0 bridgehead atoms. The lowest BCUT2D eigenvalue weighted by Gasteiger charge is -2.29. The van der Waals surface area contributed by atoms with E-state index in [-0.39, 0.29) is 5.78 Å². The maximum absolute atomic E-state index is 12.3. The molecule has 1 aromatic carbocycles. The van der Waals surface area contributed by atoms with Crippen molar-refractivity contribution in [3.05, 3.63) is 33.8 Å². The maximum atomic E-state index is 12.3. The minimum atomic E-state index is 0.0398. The van der Waals surface area contributed by atoms with E-state index in [0.717, 1.165) is 19.6 Å². The summed E-state index contributed by atoms with van der Waals surface area (Å²) < 4.78 is 0. The molecule has 0 saturated heterocycles. The quantitative estimate of drug-likeness (QED) is 0.676. The van der Waals surface area contributed by atoms with Crippen LogP contribution in [-0.4, -0.2) is 55.4 Å². The molecule has 0 fully saturated rings. The summed E-state index contributed by atoms with van der Waals surface area (Å²) in [7, 11) is 4.11. The van der Waals surface area contributed by atoms with E-state index in [1.165, 1.54) is 0 Å².